The van der Waals surface area contributed by atoms with Gasteiger partial charge in [-0.2, -0.15) is 5.10 Å². The lowest BCUT2D eigenvalue weighted by Crippen LogP contribution is -2.28. The van der Waals surface area contributed by atoms with Crippen LogP contribution in [-0.2, 0) is 6.54 Å². The van der Waals surface area contributed by atoms with E-state index in [1.165, 1.54) is 42.6 Å². The third-order valence-electron chi connectivity index (χ3n) is 5.06. The Morgan fingerprint density at radius 3 is 2.58 bits per heavy atom. The quantitative estimate of drug-likeness (QED) is 0.881. The fourth-order valence-electron chi connectivity index (χ4n) is 3.36. The molecule has 0 bridgehead atoms. The molecule has 2 aliphatic carbocycles. The summed E-state index contributed by atoms with van der Waals surface area (Å²) in [6.45, 7) is 5.42. The highest BCUT2D eigenvalue weighted by Crippen LogP contribution is 2.44. The van der Waals surface area contributed by atoms with E-state index in [4.69, 9.17) is 5.10 Å². The van der Waals surface area contributed by atoms with Gasteiger partial charge in [-0.1, -0.05) is 17.7 Å². The van der Waals surface area contributed by atoms with Crippen LogP contribution in [0.1, 0.15) is 70.4 Å². The normalized spacial score (nSPS) is 17.1. The van der Waals surface area contributed by atoms with Crippen LogP contribution in [0, 0.1) is 13.8 Å². The molecule has 0 spiro atoms. The van der Waals surface area contributed by atoms with E-state index in [0.29, 0.717) is 18.4 Å². The van der Waals surface area contributed by atoms with E-state index in [9.17, 15) is 4.79 Å². The van der Waals surface area contributed by atoms with E-state index in [1.807, 2.05) is 26.0 Å². The second-order valence-corrected chi connectivity index (χ2v) is 7.34. The number of hydrogen-bond acceptors (Lipinski definition) is 2. The Morgan fingerprint density at radius 2 is 1.92 bits per heavy atom. The van der Waals surface area contributed by atoms with Gasteiger partial charge >= 0.3 is 0 Å². The first-order chi connectivity index (χ1) is 11.6. The van der Waals surface area contributed by atoms with Crippen LogP contribution in [0.3, 0.4) is 0 Å². The first-order valence-electron chi connectivity index (χ1n) is 9.05. The molecule has 4 heteroatoms. The molecule has 0 unspecified atom stereocenters. The Morgan fingerprint density at radius 1 is 1.17 bits per heavy atom. The van der Waals surface area contributed by atoms with Crippen LogP contribution < -0.4 is 5.32 Å². The van der Waals surface area contributed by atoms with Crippen LogP contribution in [-0.4, -0.2) is 22.2 Å². The van der Waals surface area contributed by atoms with Gasteiger partial charge < -0.3 is 5.32 Å². The number of amides is 1. The Kier molecular flexibility index (Phi) is 3.91. The standard InChI is InChI=1S/C20H25N3O/c1-13-3-8-17(14(2)11-13)20(24)21-9-10-23-19(16-6-7-16)12-18(22-23)15-4-5-15/h3,8,11-12,15-16H,4-7,9-10H2,1-2H3,(H,21,24). The molecule has 1 N–H and O–H groups in total. The number of aryl methyl sites for hydroxylation is 2. The Bertz CT molecular complexity index is 769. The average molecular weight is 323 g/mol. The molecule has 0 aliphatic heterocycles. The van der Waals surface area contributed by atoms with Gasteiger partial charge in [0.2, 0.25) is 0 Å². The van der Waals surface area contributed by atoms with Crippen molar-refractivity contribution in [2.24, 2.45) is 0 Å². The van der Waals surface area contributed by atoms with E-state index in [1.54, 1.807) is 0 Å². The van der Waals surface area contributed by atoms with Crippen molar-refractivity contribution >= 4 is 5.91 Å². The lowest BCUT2D eigenvalue weighted by atomic mass is 10.1. The molecule has 4 nitrogen and oxygen atoms in total. The van der Waals surface area contributed by atoms with Crippen molar-refractivity contribution in [3.05, 3.63) is 52.3 Å². The number of rotatable bonds is 6. The van der Waals surface area contributed by atoms with Crippen LogP contribution in [0.2, 0.25) is 0 Å². The summed E-state index contributed by atoms with van der Waals surface area (Å²) >= 11 is 0. The van der Waals surface area contributed by atoms with Crippen LogP contribution in [0.15, 0.2) is 24.3 Å². The van der Waals surface area contributed by atoms with E-state index in [0.717, 1.165) is 17.7 Å². The predicted molar refractivity (Wildman–Crippen MR) is 94.4 cm³/mol. The van der Waals surface area contributed by atoms with Crippen molar-refractivity contribution < 1.29 is 4.79 Å². The lowest BCUT2D eigenvalue weighted by molar-refractivity contribution is 0.0951. The van der Waals surface area contributed by atoms with Gasteiger partial charge in [0.1, 0.15) is 0 Å². The van der Waals surface area contributed by atoms with E-state index < -0.39 is 0 Å². The zero-order chi connectivity index (χ0) is 16.7. The molecule has 1 aromatic carbocycles. The van der Waals surface area contributed by atoms with Gasteiger partial charge in [0.15, 0.2) is 0 Å². The summed E-state index contributed by atoms with van der Waals surface area (Å²) in [6, 6.07) is 8.26. The van der Waals surface area contributed by atoms with E-state index in [2.05, 4.69) is 22.1 Å². The highest BCUT2D eigenvalue weighted by atomic mass is 16.1. The van der Waals surface area contributed by atoms with Gasteiger partial charge in [0, 0.05) is 29.6 Å². The number of aromatic nitrogens is 2. The minimum Gasteiger partial charge on any atom is -0.350 e. The van der Waals surface area contributed by atoms with Crippen molar-refractivity contribution in [3.8, 4) is 0 Å². The molecule has 24 heavy (non-hydrogen) atoms. The van der Waals surface area contributed by atoms with E-state index >= 15 is 0 Å². The molecule has 0 radical (unpaired) electrons. The van der Waals surface area contributed by atoms with Crippen molar-refractivity contribution in [2.45, 2.75) is 57.9 Å². The molecule has 1 heterocycles. The number of hydrogen-bond donors (Lipinski definition) is 1. The zero-order valence-corrected chi connectivity index (χ0v) is 14.5. The van der Waals surface area contributed by atoms with Crippen molar-refractivity contribution in [3.63, 3.8) is 0 Å². The Labute approximate surface area is 143 Å². The van der Waals surface area contributed by atoms with Gasteiger partial charge in [-0.25, -0.2) is 0 Å². The molecular weight excluding hydrogens is 298 g/mol. The summed E-state index contributed by atoms with van der Waals surface area (Å²) in [5.41, 5.74) is 5.61. The SMILES string of the molecule is Cc1ccc(C(=O)NCCn2nc(C3CC3)cc2C2CC2)c(C)c1. The first kappa shape index (κ1) is 15.4. The van der Waals surface area contributed by atoms with Gasteiger partial charge in [0.25, 0.3) is 5.91 Å². The van der Waals surface area contributed by atoms with Gasteiger partial charge in [-0.05, 0) is 57.2 Å². The van der Waals surface area contributed by atoms with Crippen molar-refractivity contribution in [1.82, 2.24) is 15.1 Å². The molecule has 1 amide bonds. The van der Waals surface area contributed by atoms with Crippen LogP contribution in [0.5, 0.6) is 0 Å². The van der Waals surface area contributed by atoms with Crippen LogP contribution >= 0.6 is 0 Å². The molecule has 1 aromatic heterocycles. The smallest absolute Gasteiger partial charge is 0.251 e. The highest BCUT2D eigenvalue weighted by molar-refractivity contribution is 5.95. The third-order valence-corrected chi connectivity index (χ3v) is 5.06. The summed E-state index contributed by atoms with van der Waals surface area (Å²) in [4.78, 5) is 12.4. The summed E-state index contributed by atoms with van der Waals surface area (Å²) < 4.78 is 2.13. The monoisotopic (exact) mass is 323 g/mol. The summed E-state index contributed by atoms with van der Waals surface area (Å²) in [6.07, 6.45) is 5.13. The topological polar surface area (TPSA) is 46.9 Å². The van der Waals surface area contributed by atoms with Crippen LogP contribution in [0.4, 0.5) is 0 Å². The van der Waals surface area contributed by atoms with E-state index in [-0.39, 0.29) is 5.91 Å². The maximum Gasteiger partial charge on any atom is 0.251 e. The van der Waals surface area contributed by atoms with Crippen LogP contribution in [0.25, 0.3) is 0 Å². The number of carbonyl (C=O) groups excluding carboxylic acids is 1. The predicted octanol–water partition coefficient (Wildman–Crippen LogP) is 3.68. The molecule has 0 saturated heterocycles. The summed E-state index contributed by atoms with van der Waals surface area (Å²) in [7, 11) is 0. The maximum atomic E-state index is 12.4. The zero-order valence-electron chi connectivity index (χ0n) is 14.5. The molecule has 2 fully saturated rings. The number of nitrogens with one attached hydrogen (secondary N) is 1. The second-order valence-electron chi connectivity index (χ2n) is 7.34. The lowest BCUT2D eigenvalue weighted by Gasteiger charge is -2.10. The Balaban J connectivity index is 1.39. The average Bonchev–Trinajstić information content (AvgIpc) is 3.46. The van der Waals surface area contributed by atoms with Crippen molar-refractivity contribution in [2.75, 3.05) is 6.54 Å². The number of carbonyl (C=O) groups is 1. The van der Waals surface area contributed by atoms with Gasteiger partial charge in [-0.3, -0.25) is 9.48 Å². The fraction of sp³-hybridized carbons (Fsp3) is 0.500. The van der Waals surface area contributed by atoms with Crippen molar-refractivity contribution in [1.29, 1.82) is 0 Å². The molecule has 2 aliphatic rings. The molecule has 2 aromatic rings. The molecular formula is C20H25N3O. The molecule has 2 saturated carbocycles. The third kappa shape index (κ3) is 3.23. The Hall–Kier alpha value is -2.10. The number of nitrogens with zero attached hydrogens (tertiary/aromatic N) is 2. The molecule has 0 atom stereocenters. The van der Waals surface area contributed by atoms with Gasteiger partial charge in [0.05, 0.1) is 12.2 Å². The summed E-state index contributed by atoms with van der Waals surface area (Å²) in [5, 5.41) is 7.85. The maximum absolute atomic E-state index is 12.4. The first-order valence-corrected chi connectivity index (χ1v) is 9.05. The largest absolute Gasteiger partial charge is 0.350 e. The highest BCUT2D eigenvalue weighted by Gasteiger charge is 2.32. The fourth-order valence-corrected chi connectivity index (χ4v) is 3.36. The number of benzene rings is 1. The molecule has 126 valence electrons. The minimum absolute atomic E-state index is 0.00930. The summed E-state index contributed by atoms with van der Waals surface area (Å²) in [5.74, 6) is 1.39. The minimum atomic E-state index is 0.00930. The van der Waals surface area contributed by atoms with Gasteiger partial charge in [-0.15, -0.1) is 0 Å². The second kappa shape index (κ2) is 6.08. The molecule has 4 rings (SSSR count).